The van der Waals surface area contributed by atoms with Crippen LogP contribution >= 0.6 is 12.4 Å². The molecule has 1 aromatic carbocycles. The van der Waals surface area contributed by atoms with Crippen molar-refractivity contribution in [3.05, 3.63) is 39.9 Å². The third-order valence-electron chi connectivity index (χ3n) is 2.84. The molecule has 0 radical (unpaired) electrons. The van der Waals surface area contributed by atoms with Crippen LogP contribution in [0.4, 0.5) is 5.69 Å². The van der Waals surface area contributed by atoms with Crippen molar-refractivity contribution in [2.45, 2.75) is 26.4 Å². The van der Waals surface area contributed by atoms with Crippen LogP contribution in [0.5, 0.6) is 0 Å². The van der Waals surface area contributed by atoms with Crippen molar-refractivity contribution in [2.75, 3.05) is 0 Å². The Morgan fingerprint density at radius 2 is 2.00 bits per heavy atom. The van der Waals surface area contributed by atoms with Gasteiger partial charge in [-0.25, -0.2) is 0 Å². The van der Waals surface area contributed by atoms with Crippen molar-refractivity contribution in [1.29, 1.82) is 0 Å². The Morgan fingerprint density at radius 3 is 2.53 bits per heavy atom. The van der Waals surface area contributed by atoms with Gasteiger partial charge in [-0.1, -0.05) is 25.1 Å². The van der Waals surface area contributed by atoms with Gasteiger partial charge in [0.1, 0.15) is 0 Å². The van der Waals surface area contributed by atoms with E-state index in [9.17, 15) is 14.9 Å². The second-order valence-electron chi connectivity index (χ2n) is 4.25. The second kappa shape index (κ2) is 7.70. The number of halogens is 1. The largest absolute Gasteiger partial charge is 0.351 e. The van der Waals surface area contributed by atoms with E-state index in [4.69, 9.17) is 5.73 Å². The molecule has 0 saturated carbocycles. The first-order valence-electron chi connectivity index (χ1n) is 5.69. The molecule has 2 unspecified atom stereocenters. The normalized spacial score (nSPS) is 13.0. The summed E-state index contributed by atoms with van der Waals surface area (Å²) in [5.41, 5.74) is 6.10. The van der Waals surface area contributed by atoms with Crippen LogP contribution < -0.4 is 11.1 Å². The number of nitrogens with two attached hydrogens (primary N) is 1. The Balaban J connectivity index is 0.00000324. The summed E-state index contributed by atoms with van der Waals surface area (Å²) in [6.45, 7) is 3.60. The highest BCUT2D eigenvalue weighted by Gasteiger charge is 2.18. The van der Waals surface area contributed by atoms with Gasteiger partial charge in [-0.3, -0.25) is 14.9 Å². The summed E-state index contributed by atoms with van der Waals surface area (Å²) >= 11 is 0. The first kappa shape index (κ1) is 17.3. The molecule has 1 aromatic rings. The lowest BCUT2D eigenvalue weighted by atomic mass is 10.0. The van der Waals surface area contributed by atoms with Crippen molar-refractivity contribution < 1.29 is 9.72 Å². The zero-order valence-corrected chi connectivity index (χ0v) is 11.6. The van der Waals surface area contributed by atoms with Crippen molar-refractivity contribution >= 4 is 24.0 Å². The Hall–Kier alpha value is -1.66. The molecule has 0 saturated heterocycles. The van der Waals surface area contributed by atoms with Crippen molar-refractivity contribution in [3.8, 4) is 0 Å². The number of nitrogens with zero attached hydrogens (tertiary/aromatic N) is 1. The van der Waals surface area contributed by atoms with Crippen LogP contribution in [-0.4, -0.2) is 16.9 Å². The maximum atomic E-state index is 11.7. The number of amides is 1. The summed E-state index contributed by atoms with van der Waals surface area (Å²) in [5.74, 6) is -0.532. The van der Waals surface area contributed by atoms with E-state index >= 15 is 0 Å². The molecule has 0 aromatic heterocycles. The SMILES string of the molecule is CC(N)C(C)C(=O)NCc1ccccc1[N+](=O)[O-].Cl. The summed E-state index contributed by atoms with van der Waals surface area (Å²) in [6.07, 6.45) is 0. The number of rotatable bonds is 5. The van der Waals surface area contributed by atoms with Crippen molar-refractivity contribution in [3.63, 3.8) is 0 Å². The van der Waals surface area contributed by atoms with Crippen molar-refractivity contribution in [2.24, 2.45) is 11.7 Å². The second-order valence-corrected chi connectivity index (χ2v) is 4.25. The highest BCUT2D eigenvalue weighted by atomic mass is 35.5. The molecule has 1 rings (SSSR count). The van der Waals surface area contributed by atoms with Crippen molar-refractivity contribution in [1.82, 2.24) is 5.32 Å². The molecule has 2 atom stereocenters. The molecule has 0 aliphatic rings. The number of para-hydroxylation sites is 1. The molecular formula is C12H18ClN3O3. The van der Waals surface area contributed by atoms with E-state index in [1.807, 2.05) is 0 Å². The van der Waals surface area contributed by atoms with Crippen LogP contribution in [0.25, 0.3) is 0 Å². The summed E-state index contributed by atoms with van der Waals surface area (Å²) < 4.78 is 0. The zero-order valence-electron chi connectivity index (χ0n) is 10.8. The van der Waals surface area contributed by atoms with Crippen LogP contribution in [0, 0.1) is 16.0 Å². The zero-order chi connectivity index (χ0) is 13.7. The van der Waals surface area contributed by atoms with Gasteiger partial charge in [0.05, 0.1) is 4.92 Å². The van der Waals surface area contributed by atoms with Gasteiger partial charge in [-0.2, -0.15) is 0 Å². The van der Waals surface area contributed by atoms with Gasteiger partial charge in [-0.15, -0.1) is 12.4 Å². The fourth-order valence-corrected chi connectivity index (χ4v) is 1.42. The third-order valence-corrected chi connectivity index (χ3v) is 2.84. The molecule has 3 N–H and O–H groups in total. The summed E-state index contributed by atoms with van der Waals surface area (Å²) in [6, 6.07) is 6.07. The standard InChI is InChI=1S/C12H17N3O3.ClH/c1-8(9(2)13)12(16)14-7-10-5-3-4-6-11(10)15(17)18;/h3-6,8-9H,7,13H2,1-2H3,(H,14,16);1H. The number of nitro benzene ring substituents is 1. The lowest BCUT2D eigenvalue weighted by molar-refractivity contribution is -0.385. The van der Waals surface area contributed by atoms with Crippen LogP contribution in [0.3, 0.4) is 0 Å². The van der Waals surface area contributed by atoms with Gasteiger partial charge in [0.25, 0.3) is 5.69 Å². The number of nitro groups is 1. The number of hydrogen-bond donors (Lipinski definition) is 2. The molecule has 19 heavy (non-hydrogen) atoms. The maximum Gasteiger partial charge on any atom is 0.274 e. The smallest absolute Gasteiger partial charge is 0.274 e. The summed E-state index contributed by atoms with van der Waals surface area (Å²) in [7, 11) is 0. The van der Waals surface area contributed by atoms with Gasteiger partial charge >= 0.3 is 0 Å². The minimum atomic E-state index is -0.462. The van der Waals surface area contributed by atoms with E-state index in [1.54, 1.807) is 32.0 Å². The number of carbonyl (C=O) groups is 1. The van der Waals surface area contributed by atoms with Crippen LogP contribution in [0.2, 0.25) is 0 Å². The Bertz CT molecular complexity index is 452. The third kappa shape index (κ3) is 4.84. The molecule has 0 spiro atoms. The highest BCUT2D eigenvalue weighted by molar-refractivity contribution is 5.85. The Labute approximate surface area is 117 Å². The number of benzene rings is 1. The molecule has 0 aliphatic heterocycles. The van der Waals surface area contributed by atoms with E-state index in [0.717, 1.165) is 0 Å². The van der Waals surface area contributed by atoms with Gasteiger partial charge < -0.3 is 11.1 Å². The topological polar surface area (TPSA) is 98.3 Å². The maximum absolute atomic E-state index is 11.7. The lowest BCUT2D eigenvalue weighted by Gasteiger charge is -2.15. The predicted molar refractivity (Wildman–Crippen MR) is 75.0 cm³/mol. The number of hydrogen-bond acceptors (Lipinski definition) is 4. The van der Waals surface area contributed by atoms with Gasteiger partial charge in [0.2, 0.25) is 5.91 Å². The van der Waals surface area contributed by atoms with Crippen LogP contribution in [0.15, 0.2) is 24.3 Å². The molecule has 0 heterocycles. The van der Waals surface area contributed by atoms with Gasteiger partial charge in [0.15, 0.2) is 0 Å². The fraction of sp³-hybridized carbons (Fsp3) is 0.417. The van der Waals surface area contributed by atoms with E-state index in [0.29, 0.717) is 5.56 Å². The Morgan fingerprint density at radius 1 is 1.42 bits per heavy atom. The minimum absolute atomic E-state index is 0. The predicted octanol–water partition coefficient (Wildman–Crippen LogP) is 1.62. The summed E-state index contributed by atoms with van der Waals surface area (Å²) in [5, 5.41) is 13.4. The first-order chi connectivity index (χ1) is 8.43. The van der Waals surface area contributed by atoms with E-state index < -0.39 is 4.92 Å². The van der Waals surface area contributed by atoms with Crippen LogP contribution in [0.1, 0.15) is 19.4 Å². The molecule has 0 aliphatic carbocycles. The Kier molecular flexibility index (Phi) is 7.03. The minimum Gasteiger partial charge on any atom is -0.351 e. The molecule has 0 fully saturated rings. The highest BCUT2D eigenvalue weighted by Crippen LogP contribution is 2.17. The number of nitrogens with one attached hydrogen (secondary N) is 1. The quantitative estimate of drug-likeness (QED) is 0.635. The van der Waals surface area contributed by atoms with E-state index in [1.165, 1.54) is 6.07 Å². The summed E-state index contributed by atoms with van der Waals surface area (Å²) in [4.78, 5) is 22.0. The molecule has 1 amide bonds. The molecule has 106 valence electrons. The van der Waals surface area contributed by atoms with E-state index in [-0.39, 0.29) is 42.5 Å². The van der Waals surface area contributed by atoms with Gasteiger partial charge in [0, 0.05) is 30.1 Å². The first-order valence-corrected chi connectivity index (χ1v) is 5.69. The molecule has 0 bridgehead atoms. The molecular weight excluding hydrogens is 270 g/mol. The average Bonchev–Trinajstić information content (AvgIpc) is 2.35. The van der Waals surface area contributed by atoms with Gasteiger partial charge in [-0.05, 0) is 6.92 Å². The van der Waals surface area contributed by atoms with E-state index in [2.05, 4.69) is 5.32 Å². The molecule has 7 heteroatoms. The number of carbonyl (C=O) groups excluding carboxylic acids is 1. The monoisotopic (exact) mass is 287 g/mol. The lowest BCUT2D eigenvalue weighted by Crippen LogP contribution is -2.38. The average molecular weight is 288 g/mol. The fourth-order valence-electron chi connectivity index (χ4n) is 1.42. The van der Waals surface area contributed by atoms with Crippen LogP contribution in [-0.2, 0) is 11.3 Å². The molecule has 6 nitrogen and oxygen atoms in total.